The predicted molar refractivity (Wildman–Crippen MR) is 67.7 cm³/mol. The normalized spacial score (nSPS) is 24.0. The van der Waals surface area contributed by atoms with Crippen LogP contribution >= 0.6 is 0 Å². The summed E-state index contributed by atoms with van der Waals surface area (Å²) in [5, 5.41) is 12.9. The van der Waals surface area contributed by atoms with Gasteiger partial charge < -0.3 is 20.2 Å². The van der Waals surface area contributed by atoms with Gasteiger partial charge in [0, 0.05) is 19.6 Å². The van der Waals surface area contributed by atoms with E-state index in [1.807, 2.05) is 0 Å². The van der Waals surface area contributed by atoms with Crippen LogP contribution in [-0.2, 0) is 0 Å². The van der Waals surface area contributed by atoms with Gasteiger partial charge in [-0.05, 0) is 40.0 Å². The molecule has 1 heterocycles. The first-order valence-corrected chi connectivity index (χ1v) is 6.36. The second-order valence-corrected chi connectivity index (χ2v) is 5.18. The lowest BCUT2D eigenvalue weighted by Gasteiger charge is -2.34. The minimum absolute atomic E-state index is 0.155. The molecule has 2 N–H and O–H groups in total. The van der Waals surface area contributed by atoms with Gasteiger partial charge in [0.1, 0.15) is 0 Å². The highest BCUT2D eigenvalue weighted by molar-refractivity contribution is 4.86. The molecule has 0 radical (unpaired) electrons. The summed E-state index contributed by atoms with van der Waals surface area (Å²) in [7, 11) is 2.18. The highest BCUT2D eigenvalue weighted by Crippen LogP contribution is 2.09. The number of nitrogens with one attached hydrogen (secondary N) is 1. The Morgan fingerprint density at radius 3 is 2.62 bits per heavy atom. The second kappa shape index (κ2) is 6.55. The summed E-state index contributed by atoms with van der Waals surface area (Å²) in [5.74, 6) is 0. The molecule has 1 aliphatic rings. The Morgan fingerprint density at radius 2 is 2.00 bits per heavy atom. The maximum absolute atomic E-state index is 9.47. The topological polar surface area (TPSA) is 38.7 Å². The Hall–Kier alpha value is -0.160. The van der Waals surface area contributed by atoms with Crippen LogP contribution in [0, 0.1) is 0 Å². The number of hydrogen-bond acceptors (Lipinski definition) is 4. The number of likely N-dealkylation sites (N-methyl/N-ethyl adjacent to an activating group) is 2. The van der Waals surface area contributed by atoms with E-state index in [1.54, 1.807) is 0 Å². The van der Waals surface area contributed by atoms with E-state index in [2.05, 4.69) is 36.0 Å². The van der Waals surface area contributed by atoms with E-state index in [1.165, 1.54) is 13.0 Å². The van der Waals surface area contributed by atoms with Crippen LogP contribution in [0.5, 0.6) is 0 Å². The fraction of sp³-hybridized carbons (Fsp3) is 1.00. The van der Waals surface area contributed by atoms with Crippen LogP contribution in [0.4, 0.5) is 0 Å². The molecule has 0 aliphatic carbocycles. The van der Waals surface area contributed by atoms with Crippen LogP contribution in [0.1, 0.15) is 20.3 Å². The van der Waals surface area contributed by atoms with Crippen LogP contribution in [0.2, 0.25) is 0 Å². The maximum Gasteiger partial charge on any atom is 0.0623 e. The van der Waals surface area contributed by atoms with Crippen molar-refractivity contribution < 1.29 is 5.11 Å². The molecule has 16 heavy (non-hydrogen) atoms. The quantitative estimate of drug-likeness (QED) is 0.695. The lowest BCUT2D eigenvalue weighted by molar-refractivity contribution is 0.123. The smallest absolute Gasteiger partial charge is 0.0623 e. The molecule has 0 amide bonds. The minimum Gasteiger partial charge on any atom is -0.394 e. The molecule has 0 aromatic carbocycles. The van der Waals surface area contributed by atoms with Crippen molar-refractivity contribution in [2.75, 3.05) is 52.9 Å². The highest BCUT2D eigenvalue weighted by Gasteiger charge is 2.25. The molecule has 1 aliphatic heterocycles. The van der Waals surface area contributed by atoms with Gasteiger partial charge in [-0.2, -0.15) is 0 Å². The van der Waals surface area contributed by atoms with Crippen LogP contribution < -0.4 is 5.32 Å². The Kier molecular flexibility index (Phi) is 5.69. The molecule has 0 saturated carbocycles. The van der Waals surface area contributed by atoms with E-state index < -0.39 is 0 Å². The molecule has 1 fully saturated rings. The van der Waals surface area contributed by atoms with Gasteiger partial charge in [-0.3, -0.25) is 0 Å². The average molecular weight is 229 g/mol. The van der Waals surface area contributed by atoms with Crippen molar-refractivity contribution >= 4 is 0 Å². The van der Waals surface area contributed by atoms with E-state index in [9.17, 15) is 5.11 Å². The predicted octanol–water partition coefficient (Wildman–Crippen LogP) is -0.0156. The number of aliphatic hydroxyl groups excluding tert-OH is 1. The molecule has 0 bridgehead atoms. The molecular weight excluding hydrogens is 202 g/mol. The first-order chi connectivity index (χ1) is 7.59. The van der Waals surface area contributed by atoms with Gasteiger partial charge in [-0.15, -0.1) is 0 Å². The lowest BCUT2D eigenvalue weighted by atomic mass is 10.0. The summed E-state index contributed by atoms with van der Waals surface area (Å²) >= 11 is 0. The molecule has 4 nitrogen and oxygen atoms in total. The first kappa shape index (κ1) is 13.9. The number of nitrogens with zero attached hydrogens (tertiary/aromatic N) is 2. The second-order valence-electron chi connectivity index (χ2n) is 5.18. The van der Waals surface area contributed by atoms with Gasteiger partial charge in [0.25, 0.3) is 0 Å². The van der Waals surface area contributed by atoms with Gasteiger partial charge >= 0.3 is 0 Å². The van der Waals surface area contributed by atoms with E-state index in [0.717, 1.165) is 32.7 Å². The first-order valence-electron chi connectivity index (χ1n) is 6.36. The Labute approximate surface area is 99.6 Å². The van der Waals surface area contributed by atoms with Crippen molar-refractivity contribution in [1.29, 1.82) is 0 Å². The third-order valence-corrected chi connectivity index (χ3v) is 3.34. The zero-order valence-corrected chi connectivity index (χ0v) is 11.0. The van der Waals surface area contributed by atoms with Crippen molar-refractivity contribution in [1.82, 2.24) is 15.1 Å². The molecule has 0 aromatic rings. The van der Waals surface area contributed by atoms with E-state index in [0.29, 0.717) is 0 Å². The number of hydrogen-bond donors (Lipinski definition) is 2. The molecular formula is C12H27N3O. The molecule has 1 unspecified atom stereocenters. The number of aliphatic hydroxyl groups is 1. The third-order valence-electron chi connectivity index (χ3n) is 3.34. The van der Waals surface area contributed by atoms with Crippen molar-refractivity contribution in [3.05, 3.63) is 0 Å². The van der Waals surface area contributed by atoms with Crippen LogP contribution in [0.25, 0.3) is 0 Å². The summed E-state index contributed by atoms with van der Waals surface area (Å²) in [5.41, 5.74) is -0.155. The summed E-state index contributed by atoms with van der Waals surface area (Å²) in [6.45, 7) is 10.8. The summed E-state index contributed by atoms with van der Waals surface area (Å²) in [6.07, 6.45) is 1.23. The van der Waals surface area contributed by atoms with E-state index in [-0.39, 0.29) is 12.1 Å². The Balaban J connectivity index is 2.44. The summed E-state index contributed by atoms with van der Waals surface area (Å²) in [4.78, 5) is 4.84. The fourth-order valence-electron chi connectivity index (χ4n) is 2.34. The van der Waals surface area contributed by atoms with E-state index in [4.69, 9.17) is 0 Å². The monoisotopic (exact) mass is 229 g/mol. The van der Waals surface area contributed by atoms with Gasteiger partial charge in [-0.25, -0.2) is 0 Å². The summed E-state index contributed by atoms with van der Waals surface area (Å²) < 4.78 is 0. The zero-order chi connectivity index (χ0) is 12.0. The molecule has 1 saturated heterocycles. The Morgan fingerprint density at radius 1 is 1.25 bits per heavy atom. The van der Waals surface area contributed by atoms with Gasteiger partial charge in [0.15, 0.2) is 0 Å². The van der Waals surface area contributed by atoms with Gasteiger partial charge in [0.2, 0.25) is 0 Å². The molecule has 0 aromatic heterocycles. The zero-order valence-electron chi connectivity index (χ0n) is 11.0. The number of rotatable bonds is 5. The van der Waals surface area contributed by atoms with Crippen molar-refractivity contribution in [3.63, 3.8) is 0 Å². The molecule has 0 spiro atoms. The van der Waals surface area contributed by atoms with Crippen molar-refractivity contribution in [2.24, 2.45) is 0 Å². The van der Waals surface area contributed by atoms with Crippen LogP contribution in [0.15, 0.2) is 0 Å². The third kappa shape index (κ3) is 4.37. The fourth-order valence-corrected chi connectivity index (χ4v) is 2.34. The average Bonchev–Trinajstić information content (AvgIpc) is 2.44. The molecule has 1 atom stereocenters. The van der Waals surface area contributed by atoms with Crippen molar-refractivity contribution in [3.8, 4) is 0 Å². The SMILES string of the molecule is CCNC(C)(CO)CN1CCCN(C)CC1. The minimum atomic E-state index is -0.155. The summed E-state index contributed by atoms with van der Waals surface area (Å²) in [6, 6.07) is 0. The van der Waals surface area contributed by atoms with Crippen LogP contribution in [0.3, 0.4) is 0 Å². The largest absolute Gasteiger partial charge is 0.394 e. The van der Waals surface area contributed by atoms with E-state index >= 15 is 0 Å². The highest BCUT2D eigenvalue weighted by atomic mass is 16.3. The standard InChI is InChI=1S/C12H27N3O/c1-4-13-12(2,11-16)10-15-7-5-6-14(3)8-9-15/h13,16H,4-11H2,1-3H3. The van der Waals surface area contributed by atoms with Gasteiger partial charge in [-0.1, -0.05) is 6.92 Å². The Bertz CT molecular complexity index is 201. The van der Waals surface area contributed by atoms with Gasteiger partial charge in [0.05, 0.1) is 12.1 Å². The van der Waals surface area contributed by atoms with Crippen molar-refractivity contribution in [2.45, 2.75) is 25.8 Å². The molecule has 4 heteroatoms. The molecule has 96 valence electrons. The molecule has 1 rings (SSSR count). The van der Waals surface area contributed by atoms with Crippen LogP contribution in [-0.4, -0.2) is 73.4 Å². The maximum atomic E-state index is 9.47. The lowest BCUT2D eigenvalue weighted by Crippen LogP contribution is -2.54.